The van der Waals surface area contributed by atoms with Crippen molar-refractivity contribution >= 4 is 17.7 Å². The number of carboxylic acids is 1. The zero-order valence-electron chi connectivity index (χ0n) is 10.3. The van der Waals surface area contributed by atoms with Gasteiger partial charge in [0.1, 0.15) is 5.82 Å². The van der Waals surface area contributed by atoms with E-state index in [1.807, 2.05) is 0 Å². The summed E-state index contributed by atoms with van der Waals surface area (Å²) in [5.41, 5.74) is -2.01. The van der Waals surface area contributed by atoms with Crippen molar-refractivity contribution < 1.29 is 27.5 Å². The molecule has 0 heterocycles. The highest BCUT2D eigenvalue weighted by molar-refractivity contribution is 7.99. The summed E-state index contributed by atoms with van der Waals surface area (Å²) in [6.45, 7) is 0. The monoisotopic (exact) mass is 316 g/mol. The minimum atomic E-state index is -4.76. The fraction of sp³-hybridized carbons (Fsp3) is 0.0714. The minimum Gasteiger partial charge on any atom is -0.478 e. The second-order valence-corrected chi connectivity index (χ2v) is 5.21. The Morgan fingerprint density at radius 1 is 1.00 bits per heavy atom. The van der Waals surface area contributed by atoms with Gasteiger partial charge in [-0.15, -0.1) is 0 Å². The molecule has 0 bridgehead atoms. The molecule has 2 nitrogen and oxygen atoms in total. The van der Waals surface area contributed by atoms with Crippen LogP contribution in [0.25, 0.3) is 0 Å². The molecule has 0 fully saturated rings. The van der Waals surface area contributed by atoms with Gasteiger partial charge in [0, 0.05) is 9.79 Å². The molecule has 2 rings (SSSR count). The third-order valence-electron chi connectivity index (χ3n) is 2.58. The van der Waals surface area contributed by atoms with E-state index in [2.05, 4.69) is 0 Å². The Balaban J connectivity index is 2.38. The summed E-state index contributed by atoms with van der Waals surface area (Å²) < 4.78 is 51.3. The molecule has 2 aromatic rings. The first kappa shape index (κ1) is 15.4. The number of alkyl halides is 3. The van der Waals surface area contributed by atoms with Gasteiger partial charge in [-0.25, -0.2) is 9.18 Å². The average molecular weight is 316 g/mol. The van der Waals surface area contributed by atoms with Crippen LogP contribution in [0.1, 0.15) is 15.9 Å². The maximum absolute atomic E-state index is 12.9. The Morgan fingerprint density at radius 2 is 1.57 bits per heavy atom. The Kier molecular flexibility index (Phi) is 4.22. The lowest BCUT2D eigenvalue weighted by atomic mass is 10.1. The van der Waals surface area contributed by atoms with E-state index in [1.54, 1.807) is 0 Å². The van der Waals surface area contributed by atoms with Crippen LogP contribution in [0.2, 0.25) is 0 Å². The summed E-state index contributed by atoms with van der Waals surface area (Å²) in [5.74, 6) is -2.09. The molecule has 7 heteroatoms. The smallest absolute Gasteiger partial charge is 0.417 e. The Labute approximate surface area is 121 Å². The lowest BCUT2D eigenvalue weighted by molar-refractivity contribution is -0.138. The van der Waals surface area contributed by atoms with Crippen LogP contribution < -0.4 is 0 Å². The Hall–Kier alpha value is -2.02. The first-order valence-electron chi connectivity index (χ1n) is 5.65. The van der Waals surface area contributed by atoms with Crippen molar-refractivity contribution in [3.8, 4) is 0 Å². The van der Waals surface area contributed by atoms with E-state index >= 15 is 0 Å². The first-order valence-corrected chi connectivity index (χ1v) is 6.47. The molecule has 0 unspecified atom stereocenters. The van der Waals surface area contributed by atoms with Crippen LogP contribution in [0, 0.1) is 5.82 Å². The van der Waals surface area contributed by atoms with Crippen molar-refractivity contribution in [3.05, 3.63) is 59.4 Å². The lowest BCUT2D eigenvalue weighted by Gasteiger charge is -2.12. The summed E-state index contributed by atoms with van der Waals surface area (Å²) in [5, 5.41) is 8.79. The number of hydrogen-bond acceptors (Lipinski definition) is 2. The molecule has 1 N–H and O–H groups in total. The van der Waals surface area contributed by atoms with Gasteiger partial charge in [0.05, 0.1) is 11.1 Å². The largest absolute Gasteiger partial charge is 0.478 e. The highest BCUT2D eigenvalue weighted by Crippen LogP contribution is 2.36. The molecule has 0 aliphatic heterocycles. The van der Waals surface area contributed by atoms with Gasteiger partial charge in [-0.3, -0.25) is 0 Å². The summed E-state index contributed by atoms with van der Waals surface area (Å²) in [4.78, 5) is 11.6. The van der Waals surface area contributed by atoms with Crippen LogP contribution in [-0.4, -0.2) is 11.1 Å². The van der Waals surface area contributed by atoms with Gasteiger partial charge in [-0.05, 0) is 42.5 Å². The van der Waals surface area contributed by atoms with Gasteiger partial charge in [0.25, 0.3) is 0 Å². The van der Waals surface area contributed by atoms with Gasteiger partial charge >= 0.3 is 12.1 Å². The molecule has 0 saturated carbocycles. The Morgan fingerprint density at radius 3 is 2.10 bits per heavy atom. The fourth-order valence-corrected chi connectivity index (χ4v) is 2.50. The zero-order chi connectivity index (χ0) is 15.6. The third kappa shape index (κ3) is 3.75. The standard InChI is InChI=1S/C14H8F4O2S/c15-8-1-3-9(4-2-8)21-10-5-6-11(13(19)20)12(7-10)14(16,17)18/h1-7H,(H,19,20). The fourth-order valence-electron chi connectivity index (χ4n) is 1.65. The summed E-state index contributed by atoms with van der Waals surface area (Å²) >= 11 is 0.987. The molecule has 0 aliphatic carbocycles. The molecular formula is C14H8F4O2S. The topological polar surface area (TPSA) is 37.3 Å². The van der Waals surface area contributed by atoms with E-state index < -0.39 is 29.1 Å². The van der Waals surface area contributed by atoms with Crippen LogP contribution in [-0.2, 0) is 6.18 Å². The summed E-state index contributed by atoms with van der Waals surface area (Å²) in [6.07, 6.45) is -4.76. The van der Waals surface area contributed by atoms with Crippen molar-refractivity contribution in [1.29, 1.82) is 0 Å². The lowest BCUT2D eigenvalue weighted by Crippen LogP contribution is -2.12. The maximum Gasteiger partial charge on any atom is 0.417 e. The molecule has 0 aliphatic rings. The van der Waals surface area contributed by atoms with Gasteiger partial charge in [-0.2, -0.15) is 13.2 Å². The van der Waals surface area contributed by atoms with Crippen LogP contribution in [0.15, 0.2) is 52.3 Å². The third-order valence-corrected chi connectivity index (χ3v) is 3.57. The average Bonchev–Trinajstić information content (AvgIpc) is 2.40. The molecular weight excluding hydrogens is 308 g/mol. The molecule has 0 spiro atoms. The minimum absolute atomic E-state index is 0.221. The number of aromatic carboxylic acids is 1. The maximum atomic E-state index is 12.9. The predicted molar refractivity (Wildman–Crippen MR) is 68.9 cm³/mol. The van der Waals surface area contributed by atoms with E-state index in [0.29, 0.717) is 4.90 Å². The van der Waals surface area contributed by atoms with Gasteiger partial charge in [0.15, 0.2) is 0 Å². The molecule has 0 radical (unpaired) electrons. The number of rotatable bonds is 3. The second kappa shape index (κ2) is 5.77. The highest BCUT2D eigenvalue weighted by Gasteiger charge is 2.35. The van der Waals surface area contributed by atoms with Crippen LogP contribution >= 0.6 is 11.8 Å². The zero-order valence-corrected chi connectivity index (χ0v) is 11.1. The molecule has 0 amide bonds. The highest BCUT2D eigenvalue weighted by atomic mass is 32.2. The van der Waals surface area contributed by atoms with Crippen LogP contribution in [0.5, 0.6) is 0 Å². The van der Waals surface area contributed by atoms with E-state index in [4.69, 9.17) is 5.11 Å². The van der Waals surface area contributed by atoms with Gasteiger partial charge < -0.3 is 5.11 Å². The van der Waals surface area contributed by atoms with E-state index in [1.165, 1.54) is 30.3 Å². The van der Waals surface area contributed by atoms with E-state index in [-0.39, 0.29) is 4.90 Å². The van der Waals surface area contributed by atoms with E-state index in [0.717, 1.165) is 23.9 Å². The molecule has 110 valence electrons. The first-order chi connectivity index (χ1) is 9.77. The van der Waals surface area contributed by atoms with Crippen LogP contribution in [0.3, 0.4) is 0 Å². The number of halogens is 4. The predicted octanol–water partition coefficient (Wildman–Crippen LogP) is 4.69. The van der Waals surface area contributed by atoms with Crippen LogP contribution in [0.4, 0.5) is 17.6 Å². The normalized spacial score (nSPS) is 11.4. The van der Waals surface area contributed by atoms with Crippen molar-refractivity contribution in [2.45, 2.75) is 16.0 Å². The van der Waals surface area contributed by atoms with Gasteiger partial charge in [-0.1, -0.05) is 11.8 Å². The summed E-state index contributed by atoms with van der Waals surface area (Å²) in [7, 11) is 0. The quantitative estimate of drug-likeness (QED) is 0.834. The van der Waals surface area contributed by atoms with Crippen molar-refractivity contribution in [2.75, 3.05) is 0 Å². The van der Waals surface area contributed by atoms with Crippen molar-refractivity contribution in [2.24, 2.45) is 0 Å². The molecule has 21 heavy (non-hydrogen) atoms. The molecule has 0 aromatic heterocycles. The molecule has 2 aromatic carbocycles. The number of carboxylic acid groups (broad SMARTS) is 1. The summed E-state index contributed by atoms with van der Waals surface area (Å²) in [6, 6.07) is 8.22. The number of benzene rings is 2. The molecule has 0 atom stereocenters. The second-order valence-electron chi connectivity index (χ2n) is 4.07. The van der Waals surface area contributed by atoms with Gasteiger partial charge in [0.2, 0.25) is 0 Å². The SMILES string of the molecule is O=C(O)c1ccc(Sc2ccc(F)cc2)cc1C(F)(F)F. The molecule has 0 saturated heterocycles. The Bertz CT molecular complexity index is 666. The van der Waals surface area contributed by atoms with Crippen molar-refractivity contribution in [3.63, 3.8) is 0 Å². The number of hydrogen-bond donors (Lipinski definition) is 1. The van der Waals surface area contributed by atoms with E-state index in [9.17, 15) is 22.4 Å². The van der Waals surface area contributed by atoms with Crippen molar-refractivity contribution in [1.82, 2.24) is 0 Å². The number of carbonyl (C=O) groups is 1.